The first-order chi connectivity index (χ1) is 15.5. The highest BCUT2D eigenvalue weighted by molar-refractivity contribution is 5.90. The van der Waals surface area contributed by atoms with Crippen molar-refractivity contribution in [2.45, 2.75) is 19.5 Å². The van der Waals surface area contributed by atoms with Gasteiger partial charge in [-0.25, -0.2) is 13.6 Å². The summed E-state index contributed by atoms with van der Waals surface area (Å²) < 4.78 is 30.1. The van der Waals surface area contributed by atoms with E-state index in [9.17, 15) is 13.6 Å². The van der Waals surface area contributed by atoms with Crippen molar-refractivity contribution < 1.29 is 13.6 Å². The summed E-state index contributed by atoms with van der Waals surface area (Å²) in [5.41, 5.74) is 4.67. The van der Waals surface area contributed by atoms with Gasteiger partial charge in [-0.3, -0.25) is 0 Å². The van der Waals surface area contributed by atoms with Crippen molar-refractivity contribution in [3.05, 3.63) is 119 Å². The Labute approximate surface area is 184 Å². The molecule has 0 aliphatic carbocycles. The van der Waals surface area contributed by atoms with Crippen LogP contribution in [0.5, 0.6) is 0 Å². The molecule has 2 heterocycles. The number of fused-ring (bicyclic) bond motifs is 3. The zero-order valence-corrected chi connectivity index (χ0v) is 17.4. The van der Waals surface area contributed by atoms with Gasteiger partial charge in [-0.05, 0) is 48.4 Å². The van der Waals surface area contributed by atoms with Crippen LogP contribution in [0.2, 0.25) is 0 Å². The van der Waals surface area contributed by atoms with Crippen molar-refractivity contribution in [1.29, 1.82) is 0 Å². The summed E-state index contributed by atoms with van der Waals surface area (Å²) in [6.07, 6.45) is 1.98. The predicted octanol–water partition coefficient (Wildman–Crippen LogP) is 6.20. The topological polar surface area (TPSA) is 37.3 Å². The van der Waals surface area contributed by atoms with Crippen LogP contribution in [0.1, 0.15) is 28.4 Å². The van der Waals surface area contributed by atoms with Crippen molar-refractivity contribution in [1.82, 2.24) is 9.47 Å². The number of aromatic nitrogens is 1. The first kappa shape index (κ1) is 20.0. The predicted molar refractivity (Wildman–Crippen MR) is 120 cm³/mol. The van der Waals surface area contributed by atoms with Gasteiger partial charge in [0.2, 0.25) is 0 Å². The van der Waals surface area contributed by atoms with Gasteiger partial charge < -0.3 is 14.8 Å². The van der Waals surface area contributed by atoms with E-state index >= 15 is 0 Å². The number of nitrogens with one attached hydrogen (secondary N) is 1. The van der Waals surface area contributed by atoms with Gasteiger partial charge in [-0.2, -0.15) is 0 Å². The number of hydrogen-bond donors (Lipinski definition) is 1. The van der Waals surface area contributed by atoms with Crippen LogP contribution in [0.25, 0.3) is 5.69 Å². The number of nitrogens with zero attached hydrogens (tertiary/aromatic N) is 2. The van der Waals surface area contributed by atoms with E-state index < -0.39 is 23.7 Å². The number of carbonyl (C=O) groups is 1. The molecule has 3 aromatic carbocycles. The number of halogens is 2. The maximum atomic E-state index is 14.3. The fourth-order valence-corrected chi connectivity index (χ4v) is 4.31. The molecule has 160 valence electrons. The van der Waals surface area contributed by atoms with E-state index in [-0.39, 0.29) is 5.69 Å². The standard InChI is InChI=1S/C26H21F2N3O/c1-17-6-4-8-18(14-17)25-24-10-5-13-30(24)23-9-3-2-7-19(23)16-31(25)26(32)29-22-15-20(27)11-12-21(22)28/h2-15,25H,16H2,1H3,(H,29,32). The fourth-order valence-electron chi connectivity index (χ4n) is 4.31. The van der Waals surface area contributed by atoms with Crippen LogP contribution in [-0.2, 0) is 6.54 Å². The first-order valence-electron chi connectivity index (χ1n) is 10.4. The lowest BCUT2D eigenvalue weighted by atomic mass is 10.00. The molecule has 1 N–H and O–H groups in total. The highest BCUT2D eigenvalue weighted by Gasteiger charge is 2.33. The molecule has 6 heteroatoms. The highest BCUT2D eigenvalue weighted by Crippen LogP contribution is 2.37. The molecule has 0 spiro atoms. The lowest BCUT2D eigenvalue weighted by Crippen LogP contribution is -2.38. The third-order valence-corrected chi connectivity index (χ3v) is 5.75. The number of aryl methyl sites for hydroxylation is 1. The van der Waals surface area contributed by atoms with E-state index in [1.54, 1.807) is 4.90 Å². The quantitative estimate of drug-likeness (QED) is 0.405. The second-order valence-electron chi connectivity index (χ2n) is 7.93. The Balaban J connectivity index is 1.65. The second-order valence-corrected chi connectivity index (χ2v) is 7.93. The van der Waals surface area contributed by atoms with Gasteiger partial charge in [0.1, 0.15) is 11.6 Å². The monoisotopic (exact) mass is 429 g/mol. The lowest BCUT2D eigenvalue weighted by Gasteiger charge is -2.31. The van der Waals surface area contributed by atoms with Crippen LogP contribution >= 0.6 is 0 Å². The number of hydrogen-bond acceptors (Lipinski definition) is 1. The maximum Gasteiger partial charge on any atom is 0.323 e. The average molecular weight is 429 g/mol. The molecule has 1 unspecified atom stereocenters. The van der Waals surface area contributed by atoms with Crippen molar-refractivity contribution >= 4 is 11.7 Å². The molecule has 1 aromatic heterocycles. The van der Waals surface area contributed by atoms with Crippen LogP contribution in [0.4, 0.5) is 19.3 Å². The number of benzene rings is 3. The van der Waals surface area contributed by atoms with Gasteiger partial charge in [-0.15, -0.1) is 0 Å². The lowest BCUT2D eigenvalue weighted by molar-refractivity contribution is 0.194. The molecule has 0 bridgehead atoms. The van der Waals surface area contributed by atoms with E-state index in [4.69, 9.17) is 0 Å². The molecule has 2 amide bonds. The van der Waals surface area contributed by atoms with E-state index in [1.807, 2.05) is 73.8 Å². The molecular formula is C26H21F2N3O. The number of anilines is 1. The van der Waals surface area contributed by atoms with Crippen molar-refractivity contribution in [3.8, 4) is 5.69 Å². The summed E-state index contributed by atoms with van der Waals surface area (Å²) in [6.45, 7) is 2.31. The molecule has 4 aromatic rings. The summed E-state index contributed by atoms with van der Waals surface area (Å²) in [6, 6.07) is 21.9. The molecule has 4 nitrogen and oxygen atoms in total. The first-order valence-corrected chi connectivity index (χ1v) is 10.4. The molecule has 1 atom stereocenters. The largest absolute Gasteiger partial charge is 0.323 e. The van der Waals surface area contributed by atoms with Gasteiger partial charge in [0, 0.05) is 18.0 Å². The molecule has 5 rings (SSSR count). The fraction of sp³-hybridized carbons (Fsp3) is 0.115. The van der Waals surface area contributed by atoms with E-state index in [0.29, 0.717) is 6.54 Å². The number of urea groups is 1. The van der Waals surface area contributed by atoms with Crippen molar-refractivity contribution in [3.63, 3.8) is 0 Å². The van der Waals surface area contributed by atoms with Crippen molar-refractivity contribution in [2.24, 2.45) is 0 Å². The third-order valence-electron chi connectivity index (χ3n) is 5.75. The number of rotatable bonds is 2. The Morgan fingerprint density at radius 2 is 1.81 bits per heavy atom. The van der Waals surface area contributed by atoms with E-state index in [2.05, 4.69) is 9.88 Å². The number of para-hydroxylation sites is 1. The summed E-state index contributed by atoms with van der Waals surface area (Å²) in [7, 11) is 0. The molecule has 0 saturated heterocycles. The Kier molecular flexibility index (Phi) is 4.98. The normalized spacial score (nSPS) is 15.0. The van der Waals surface area contributed by atoms with Crippen molar-refractivity contribution in [2.75, 3.05) is 5.32 Å². The van der Waals surface area contributed by atoms with Crippen LogP contribution in [0.15, 0.2) is 85.1 Å². The molecule has 0 fully saturated rings. The van der Waals surface area contributed by atoms with Gasteiger partial charge >= 0.3 is 6.03 Å². The smallest absolute Gasteiger partial charge is 0.318 e. The van der Waals surface area contributed by atoms with Crippen LogP contribution in [0.3, 0.4) is 0 Å². The summed E-state index contributed by atoms with van der Waals surface area (Å²) >= 11 is 0. The number of amides is 2. The SMILES string of the molecule is Cc1cccc(C2c3cccn3-c3ccccc3CN2C(=O)Nc2cc(F)ccc2F)c1. The minimum absolute atomic E-state index is 0.189. The molecule has 32 heavy (non-hydrogen) atoms. The molecule has 1 aliphatic rings. The Morgan fingerprint density at radius 1 is 0.969 bits per heavy atom. The van der Waals surface area contributed by atoms with Crippen LogP contribution in [-0.4, -0.2) is 15.5 Å². The van der Waals surface area contributed by atoms with Gasteiger partial charge in [0.25, 0.3) is 0 Å². The maximum absolute atomic E-state index is 14.3. The Bertz CT molecular complexity index is 1310. The number of carbonyl (C=O) groups excluding carboxylic acids is 1. The second kappa shape index (κ2) is 7.96. The summed E-state index contributed by atoms with van der Waals surface area (Å²) in [5.74, 6) is -1.31. The summed E-state index contributed by atoms with van der Waals surface area (Å²) in [5, 5.41) is 2.58. The zero-order valence-electron chi connectivity index (χ0n) is 17.4. The van der Waals surface area contributed by atoms with Gasteiger partial charge in [-0.1, -0.05) is 48.0 Å². The Hall–Kier alpha value is -3.93. The zero-order chi connectivity index (χ0) is 22.2. The van der Waals surface area contributed by atoms with Gasteiger partial charge in [0.05, 0.1) is 24.0 Å². The highest BCUT2D eigenvalue weighted by atomic mass is 19.1. The Morgan fingerprint density at radius 3 is 2.66 bits per heavy atom. The van der Waals surface area contributed by atoms with E-state index in [1.165, 1.54) is 0 Å². The molecule has 0 saturated carbocycles. The minimum atomic E-state index is -0.689. The minimum Gasteiger partial charge on any atom is -0.318 e. The van der Waals surface area contributed by atoms with Crippen LogP contribution in [0, 0.1) is 18.6 Å². The molecule has 1 aliphatic heterocycles. The molecule has 0 radical (unpaired) electrons. The molecular weight excluding hydrogens is 408 g/mol. The van der Waals surface area contributed by atoms with Crippen LogP contribution < -0.4 is 5.32 Å². The third kappa shape index (κ3) is 3.54. The average Bonchev–Trinajstić information content (AvgIpc) is 3.20. The summed E-state index contributed by atoms with van der Waals surface area (Å²) in [4.78, 5) is 15.2. The van der Waals surface area contributed by atoms with Gasteiger partial charge in [0.15, 0.2) is 0 Å². The van der Waals surface area contributed by atoms with E-state index in [0.717, 1.165) is 46.3 Å².